The van der Waals surface area contributed by atoms with Crippen LogP contribution in [-0.2, 0) is 23.7 Å². The third kappa shape index (κ3) is 2.95. The number of carbonyl (C=O) groups excluding carboxylic acids is 2. The molecule has 10 atom stereocenters. The first-order valence-corrected chi connectivity index (χ1v) is 11.2. The van der Waals surface area contributed by atoms with Crippen LogP contribution in [0.2, 0.25) is 0 Å². The average Bonchev–Trinajstić information content (AvgIpc) is 2.88. The van der Waals surface area contributed by atoms with E-state index in [1.54, 1.807) is 37.3 Å². The van der Waals surface area contributed by atoms with Gasteiger partial charge in [0.2, 0.25) is 0 Å². The zero-order valence-electron chi connectivity index (χ0n) is 18.4. The van der Waals surface area contributed by atoms with E-state index in [1.807, 2.05) is 0 Å². The van der Waals surface area contributed by atoms with E-state index in [2.05, 4.69) is 0 Å². The van der Waals surface area contributed by atoms with E-state index in [0.29, 0.717) is 0 Å². The summed E-state index contributed by atoms with van der Waals surface area (Å²) in [4.78, 5) is 25.9. The van der Waals surface area contributed by atoms with E-state index in [1.165, 1.54) is 0 Å². The lowest BCUT2D eigenvalue weighted by atomic mass is 9.40. The molecule has 34 heavy (non-hydrogen) atoms. The van der Waals surface area contributed by atoms with Crippen molar-refractivity contribution in [1.82, 2.24) is 0 Å². The Hall–Kier alpha value is -2.12. The van der Waals surface area contributed by atoms with Crippen molar-refractivity contribution in [1.29, 1.82) is 0 Å². The summed E-state index contributed by atoms with van der Waals surface area (Å²) in [5.41, 5.74) is -4.08. The van der Waals surface area contributed by atoms with Gasteiger partial charge in [-0.25, -0.2) is 4.79 Å². The van der Waals surface area contributed by atoms with Crippen molar-refractivity contribution < 1.29 is 54.1 Å². The normalized spacial score (nSPS) is 47.0. The first kappa shape index (κ1) is 23.6. The number of aliphatic hydroxyl groups excluding tert-OH is 5. The number of carbonyl (C=O) groups is 2. The molecule has 4 bridgehead atoms. The lowest BCUT2D eigenvalue weighted by Gasteiger charge is -2.66. The van der Waals surface area contributed by atoms with Gasteiger partial charge in [-0.2, -0.15) is 0 Å². The Kier molecular flexibility index (Phi) is 5.52. The minimum Gasteiger partial charge on any atom is -0.461 e. The summed E-state index contributed by atoms with van der Waals surface area (Å²) in [6.45, 7) is 0.508. The van der Waals surface area contributed by atoms with Gasteiger partial charge in [-0.3, -0.25) is 4.79 Å². The summed E-state index contributed by atoms with van der Waals surface area (Å²) >= 11 is 0. The molecular formula is C23H28O11. The Labute approximate surface area is 194 Å². The number of hydrogen-bond donors (Lipinski definition) is 5. The average molecular weight is 480 g/mol. The number of esters is 2. The topological polar surface area (TPSA) is 172 Å². The first-order chi connectivity index (χ1) is 16.1. The van der Waals surface area contributed by atoms with Crippen LogP contribution in [-0.4, -0.2) is 98.7 Å². The van der Waals surface area contributed by atoms with Gasteiger partial charge in [0.15, 0.2) is 6.29 Å². The highest BCUT2D eigenvalue weighted by molar-refractivity contribution is 5.90. The number of aliphatic hydroxyl groups is 5. The van der Waals surface area contributed by atoms with Gasteiger partial charge in [0, 0.05) is 12.3 Å². The highest BCUT2D eigenvalue weighted by Gasteiger charge is 2.88. The van der Waals surface area contributed by atoms with Crippen LogP contribution in [0.4, 0.5) is 0 Å². The van der Waals surface area contributed by atoms with Gasteiger partial charge in [-0.05, 0) is 25.5 Å². The fourth-order valence-electron chi connectivity index (χ4n) is 6.19. The lowest BCUT2D eigenvalue weighted by molar-refractivity contribution is -0.394. The summed E-state index contributed by atoms with van der Waals surface area (Å²) in [5, 5.41) is 51.0. The van der Waals surface area contributed by atoms with Gasteiger partial charge in [0.05, 0.1) is 18.3 Å². The summed E-state index contributed by atoms with van der Waals surface area (Å²) in [7, 11) is 0. The Morgan fingerprint density at radius 1 is 1.09 bits per heavy atom. The summed E-state index contributed by atoms with van der Waals surface area (Å²) in [6.07, 6.45) is -8.41. The molecule has 5 fully saturated rings. The van der Waals surface area contributed by atoms with Gasteiger partial charge in [-0.15, -0.1) is 0 Å². The predicted octanol–water partition coefficient (Wildman–Crippen LogP) is -1.51. The van der Waals surface area contributed by atoms with Gasteiger partial charge in [0.1, 0.15) is 47.6 Å². The summed E-state index contributed by atoms with van der Waals surface area (Å²) < 4.78 is 22.9. The molecule has 11 heteroatoms. The zero-order valence-corrected chi connectivity index (χ0v) is 18.4. The number of hydrogen-bond acceptors (Lipinski definition) is 11. The Morgan fingerprint density at radius 3 is 2.47 bits per heavy atom. The molecule has 0 radical (unpaired) electrons. The summed E-state index contributed by atoms with van der Waals surface area (Å²) in [5.74, 6) is -2.00. The van der Waals surface area contributed by atoms with E-state index in [-0.39, 0.29) is 18.4 Å². The van der Waals surface area contributed by atoms with E-state index < -0.39 is 84.5 Å². The van der Waals surface area contributed by atoms with E-state index in [0.717, 1.165) is 0 Å². The standard InChI is InChI=1S/C23H28O11/c1-21-8-13(25)12-7-23(21,33-19-17(28)16(27)15(26)14(9-24)32-19)22(12,20(30)34-21)10-31-18(29)11-5-3-2-4-6-11/h2-6,12-17,19,24-28H,7-10H2,1H3/t12-,13+,14+,15+,16-,17+,19-,21-,22-,23+/m1/s1. The largest absolute Gasteiger partial charge is 0.461 e. The molecule has 0 unspecified atom stereocenters. The molecule has 11 nitrogen and oxygen atoms in total. The number of fused-ring (bicyclic) bond motifs is 1. The van der Waals surface area contributed by atoms with Crippen LogP contribution in [0.3, 0.4) is 0 Å². The molecule has 1 aromatic rings. The van der Waals surface area contributed by atoms with Crippen molar-refractivity contribution in [3.63, 3.8) is 0 Å². The monoisotopic (exact) mass is 480 g/mol. The molecule has 2 heterocycles. The van der Waals surface area contributed by atoms with Crippen LogP contribution in [0.25, 0.3) is 0 Å². The van der Waals surface area contributed by atoms with Crippen LogP contribution >= 0.6 is 0 Å². The Balaban J connectivity index is 1.46. The van der Waals surface area contributed by atoms with Crippen molar-refractivity contribution in [3.05, 3.63) is 35.9 Å². The van der Waals surface area contributed by atoms with Gasteiger partial charge < -0.3 is 44.5 Å². The fourth-order valence-corrected chi connectivity index (χ4v) is 6.19. The molecule has 5 aliphatic rings. The predicted molar refractivity (Wildman–Crippen MR) is 110 cm³/mol. The third-order valence-electron chi connectivity index (χ3n) is 8.07. The van der Waals surface area contributed by atoms with Gasteiger partial charge >= 0.3 is 11.9 Å². The number of rotatable bonds is 6. The van der Waals surface area contributed by atoms with E-state index in [4.69, 9.17) is 18.9 Å². The maximum Gasteiger partial charge on any atom is 0.338 e. The minimum absolute atomic E-state index is 0.0508. The van der Waals surface area contributed by atoms with Crippen LogP contribution in [0, 0.1) is 11.3 Å². The lowest BCUT2D eigenvalue weighted by Crippen LogP contribution is -2.80. The van der Waals surface area contributed by atoms with Crippen molar-refractivity contribution in [2.24, 2.45) is 11.3 Å². The van der Waals surface area contributed by atoms with Crippen LogP contribution in [0.15, 0.2) is 30.3 Å². The second-order valence-corrected chi connectivity index (χ2v) is 9.76. The second kappa shape index (κ2) is 7.95. The smallest absolute Gasteiger partial charge is 0.338 e. The van der Waals surface area contributed by atoms with Crippen molar-refractivity contribution >= 4 is 11.9 Å². The molecule has 2 saturated heterocycles. The molecule has 2 aliphatic heterocycles. The quantitative estimate of drug-likeness (QED) is 0.300. The molecule has 3 saturated carbocycles. The Morgan fingerprint density at radius 2 is 1.79 bits per heavy atom. The zero-order chi connectivity index (χ0) is 24.5. The van der Waals surface area contributed by atoms with Gasteiger partial charge in [0.25, 0.3) is 0 Å². The SMILES string of the molecule is C[C@@]12C[C@H](O)[C@H]3C[C@@]1(O[C@H]1O[C@@H](CO)[C@H](O)[C@@H](O)[C@@H]1O)[C@@]3(COC(=O)c1ccccc1)C(=O)O2. The van der Waals surface area contributed by atoms with Crippen molar-refractivity contribution in [2.75, 3.05) is 13.2 Å². The van der Waals surface area contributed by atoms with Crippen LogP contribution in [0.5, 0.6) is 0 Å². The van der Waals surface area contributed by atoms with Crippen molar-refractivity contribution in [3.8, 4) is 0 Å². The molecule has 1 aromatic carbocycles. The van der Waals surface area contributed by atoms with Gasteiger partial charge in [-0.1, -0.05) is 18.2 Å². The molecule has 5 N–H and O–H groups in total. The molecule has 0 amide bonds. The first-order valence-electron chi connectivity index (χ1n) is 11.2. The maximum absolute atomic E-state index is 13.2. The Bertz CT molecular complexity index is 969. The number of benzene rings is 1. The molecule has 186 valence electrons. The highest BCUT2D eigenvalue weighted by Crippen LogP contribution is 2.73. The van der Waals surface area contributed by atoms with Crippen LogP contribution < -0.4 is 0 Å². The maximum atomic E-state index is 13.2. The molecule has 0 spiro atoms. The highest BCUT2D eigenvalue weighted by atomic mass is 16.7. The second-order valence-electron chi connectivity index (χ2n) is 9.76. The summed E-state index contributed by atoms with van der Waals surface area (Å²) in [6, 6.07) is 8.20. The molecule has 6 rings (SSSR count). The minimum atomic E-state index is -1.69. The van der Waals surface area contributed by atoms with E-state index in [9.17, 15) is 35.1 Å². The third-order valence-corrected chi connectivity index (χ3v) is 8.07. The van der Waals surface area contributed by atoms with E-state index >= 15 is 0 Å². The molecule has 3 aliphatic carbocycles. The molecule has 0 aromatic heterocycles. The van der Waals surface area contributed by atoms with Crippen LogP contribution in [0.1, 0.15) is 30.1 Å². The number of ether oxygens (including phenoxy) is 4. The fraction of sp³-hybridized carbons (Fsp3) is 0.652. The van der Waals surface area contributed by atoms with Crippen molar-refractivity contribution in [2.45, 2.75) is 67.8 Å². The molecular weight excluding hydrogens is 452 g/mol.